The van der Waals surface area contributed by atoms with Gasteiger partial charge in [-0.05, 0) is 42.0 Å². The lowest BCUT2D eigenvalue weighted by Gasteiger charge is -2.22. The third kappa shape index (κ3) is 4.62. The minimum absolute atomic E-state index is 0.0296. The zero-order chi connectivity index (χ0) is 24.6. The van der Waals surface area contributed by atoms with Crippen LogP contribution in [0.2, 0.25) is 0 Å². The van der Waals surface area contributed by atoms with Crippen molar-refractivity contribution in [2.45, 2.75) is 43.7 Å². The maximum Gasteiger partial charge on any atom is 0.407 e. The standard InChI is InChI=1S/C27H30N2O6/c1-2-34-23-15-29(14-21(23)25(31)32)24(30)13-27(11-12-27)28-26(33)35-16-22-19-9-5-3-7-17(19)18-8-4-6-10-20(18)22/h3-10,21-23H,2,11-16H2,1H3,(H,28,33)(H,31,32). The van der Waals surface area contributed by atoms with Crippen LogP contribution in [-0.2, 0) is 19.1 Å². The number of benzene rings is 2. The predicted molar refractivity (Wildman–Crippen MR) is 128 cm³/mol. The van der Waals surface area contributed by atoms with E-state index in [-0.39, 0.29) is 37.9 Å². The van der Waals surface area contributed by atoms with Crippen molar-refractivity contribution in [1.82, 2.24) is 10.2 Å². The van der Waals surface area contributed by atoms with E-state index in [0.717, 1.165) is 22.3 Å². The summed E-state index contributed by atoms with van der Waals surface area (Å²) in [5, 5.41) is 12.4. The lowest BCUT2D eigenvalue weighted by Crippen LogP contribution is -2.42. The van der Waals surface area contributed by atoms with Gasteiger partial charge in [-0.3, -0.25) is 9.59 Å². The van der Waals surface area contributed by atoms with Gasteiger partial charge in [0.2, 0.25) is 5.91 Å². The summed E-state index contributed by atoms with van der Waals surface area (Å²) in [6, 6.07) is 16.3. The average molecular weight is 479 g/mol. The second kappa shape index (κ2) is 9.34. The minimum atomic E-state index is -0.961. The summed E-state index contributed by atoms with van der Waals surface area (Å²) >= 11 is 0. The molecular weight excluding hydrogens is 448 g/mol. The molecule has 2 aliphatic carbocycles. The van der Waals surface area contributed by atoms with Crippen molar-refractivity contribution in [3.05, 3.63) is 59.7 Å². The maximum absolute atomic E-state index is 12.9. The summed E-state index contributed by atoms with van der Waals surface area (Å²) in [6.07, 6.45) is 0.464. The van der Waals surface area contributed by atoms with Crippen LogP contribution in [0, 0.1) is 5.92 Å². The average Bonchev–Trinajstić information content (AvgIpc) is 3.32. The summed E-state index contributed by atoms with van der Waals surface area (Å²) < 4.78 is 11.2. The molecule has 0 radical (unpaired) electrons. The van der Waals surface area contributed by atoms with Gasteiger partial charge in [0, 0.05) is 25.6 Å². The number of carbonyl (C=O) groups excluding carboxylic acids is 2. The molecule has 1 saturated heterocycles. The number of nitrogens with zero attached hydrogens (tertiary/aromatic N) is 1. The summed E-state index contributed by atoms with van der Waals surface area (Å²) in [5.41, 5.74) is 3.99. The van der Waals surface area contributed by atoms with Crippen LogP contribution in [0.1, 0.15) is 43.2 Å². The Morgan fingerprint density at radius 3 is 2.23 bits per heavy atom. The van der Waals surface area contributed by atoms with Crippen molar-refractivity contribution >= 4 is 18.0 Å². The molecular formula is C27H30N2O6. The second-order valence-electron chi connectivity index (χ2n) is 9.64. The number of nitrogens with one attached hydrogen (secondary N) is 1. The van der Waals surface area contributed by atoms with Gasteiger partial charge in [0.05, 0.1) is 18.1 Å². The van der Waals surface area contributed by atoms with Crippen molar-refractivity contribution in [3.63, 3.8) is 0 Å². The van der Waals surface area contributed by atoms with Gasteiger partial charge in [-0.25, -0.2) is 4.79 Å². The van der Waals surface area contributed by atoms with Crippen LogP contribution in [0.4, 0.5) is 4.79 Å². The van der Waals surface area contributed by atoms with Crippen molar-refractivity contribution in [2.24, 2.45) is 5.92 Å². The Bertz CT molecular complexity index is 1100. The number of hydrogen-bond acceptors (Lipinski definition) is 5. The van der Waals surface area contributed by atoms with Gasteiger partial charge >= 0.3 is 12.1 Å². The molecule has 1 saturated carbocycles. The number of hydrogen-bond donors (Lipinski definition) is 2. The van der Waals surface area contributed by atoms with Gasteiger partial charge < -0.3 is 24.8 Å². The highest BCUT2D eigenvalue weighted by molar-refractivity contribution is 5.82. The third-order valence-electron chi connectivity index (χ3n) is 7.37. The normalized spacial score (nSPS) is 21.8. The largest absolute Gasteiger partial charge is 0.481 e. The van der Waals surface area contributed by atoms with E-state index in [1.165, 1.54) is 0 Å². The molecule has 1 aliphatic heterocycles. The molecule has 35 heavy (non-hydrogen) atoms. The van der Waals surface area contributed by atoms with E-state index in [9.17, 15) is 19.5 Å². The molecule has 0 bridgehead atoms. The van der Waals surface area contributed by atoms with Crippen LogP contribution >= 0.6 is 0 Å². The van der Waals surface area contributed by atoms with Gasteiger partial charge in [0.25, 0.3) is 0 Å². The summed E-state index contributed by atoms with van der Waals surface area (Å²) in [4.78, 5) is 38.7. The molecule has 2 aromatic rings. The number of rotatable bonds is 8. The Balaban J connectivity index is 1.18. The number of alkyl carbamates (subject to hydrolysis) is 1. The van der Waals surface area contributed by atoms with Crippen LogP contribution in [0.15, 0.2) is 48.5 Å². The molecule has 2 aromatic carbocycles. The lowest BCUT2D eigenvalue weighted by atomic mass is 9.98. The fourth-order valence-corrected chi connectivity index (χ4v) is 5.35. The number of carboxylic acid groups (broad SMARTS) is 1. The number of carboxylic acids is 1. The first kappa shape index (κ1) is 23.4. The van der Waals surface area contributed by atoms with E-state index in [4.69, 9.17) is 9.47 Å². The summed E-state index contributed by atoms with van der Waals surface area (Å²) in [7, 11) is 0. The number of carbonyl (C=O) groups is 3. The first-order valence-electron chi connectivity index (χ1n) is 12.2. The minimum Gasteiger partial charge on any atom is -0.481 e. The summed E-state index contributed by atoms with van der Waals surface area (Å²) in [6.45, 7) is 2.79. The number of ether oxygens (including phenoxy) is 2. The van der Waals surface area contributed by atoms with Crippen molar-refractivity contribution in [2.75, 3.05) is 26.3 Å². The Labute approximate surface area is 204 Å². The number of likely N-dealkylation sites (tertiary alicyclic amines) is 1. The monoisotopic (exact) mass is 478 g/mol. The van der Waals surface area contributed by atoms with E-state index < -0.39 is 29.6 Å². The molecule has 0 spiro atoms. The predicted octanol–water partition coefficient (Wildman–Crippen LogP) is 3.40. The number of amides is 2. The fourth-order valence-electron chi connectivity index (χ4n) is 5.35. The topological polar surface area (TPSA) is 105 Å². The molecule has 0 aromatic heterocycles. The molecule has 2 fully saturated rings. The zero-order valence-electron chi connectivity index (χ0n) is 19.7. The third-order valence-corrected chi connectivity index (χ3v) is 7.37. The maximum atomic E-state index is 12.9. The zero-order valence-corrected chi connectivity index (χ0v) is 19.7. The molecule has 1 heterocycles. The Morgan fingerprint density at radius 2 is 1.66 bits per heavy atom. The van der Waals surface area contributed by atoms with Gasteiger partial charge in [0.1, 0.15) is 12.5 Å². The van der Waals surface area contributed by atoms with Gasteiger partial charge in [-0.15, -0.1) is 0 Å². The molecule has 2 N–H and O–H groups in total. The quantitative estimate of drug-likeness (QED) is 0.603. The second-order valence-corrected chi connectivity index (χ2v) is 9.64. The van der Waals surface area contributed by atoms with Crippen LogP contribution in [-0.4, -0.2) is 65.9 Å². The molecule has 184 valence electrons. The Morgan fingerprint density at radius 1 is 1.03 bits per heavy atom. The molecule has 2 unspecified atom stereocenters. The van der Waals surface area contributed by atoms with E-state index >= 15 is 0 Å². The Kier molecular flexibility index (Phi) is 6.23. The summed E-state index contributed by atoms with van der Waals surface area (Å²) in [5.74, 6) is -1.89. The number of fused-ring (bicyclic) bond motifs is 3. The molecule has 2 amide bonds. The molecule has 3 aliphatic rings. The van der Waals surface area contributed by atoms with Crippen molar-refractivity contribution in [3.8, 4) is 11.1 Å². The number of aliphatic carboxylic acids is 1. The van der Waals surface area contributed by atoms with Gasteiger partial charge in [-0.2, -0.15) is 0 Å². The van der Waals surface area contributed by atoms with Crippen LogP contribution in [0.5, 0.6) is 0 Å². The van der Waals surface area contributed by atoms with Crippen molar-refractivity contribution in [1.29, 1.82) is 0 Å². The SMILES string of the molecule is CCOC1CN(C(=O)CC2(NC(=O)OCC3c4ccccc4-c4ccccc43)CC2)CC1C(=O)O. The highest BCUT2D eigenvalue weighted by Gasteiger charge is 2.49. The molecule has 8 heteroatoms. The first-order chi connectivity index (χ1) is 16.9. The molecule has 2 atom stereocenters. The van der Waals surface area contributed by atoms with Gasteiger partial charge in [-0.1, -0.05) is 48.5 Å². The van der Waals surface area contributed by atoms with E-state index in [2.05, 4.69) is 29.6 Å². The van der Waals surface area contributed by atoms with E-state index in [0.29, 0.717) is 19.4 Å². The fraction of sp³-hybridized carbons (Fsp3) is 0.444. The van der Waals surface area contributed by atoms with E-state index in [1.807, 2.05) is 24.3 Å². The molecule has 5 rings (SSSR count). The van der Waals surface area contributed by atoms with Crippen LogP contribution in [0.3, 0.4) is 0 Å². The smallest absolute Gasteiger partial charge is 0.407 e. The van der Waals surface area contributed by atoms with Gasteiger partial charge in [0.15, 0.2) is 0 Å². The lowest BCUT2D eigenvalue weighted by molar-refractivity contribution is -0.145. The first-order valence-corrected chi connectivity index (χ1v) is 12.2. The van der Waals surface area contributed by atoms with E-state index in [1.54, 1.807) is 11.8 Å². The highest BCUT2D eigenvalue weighted by Crippen LogP contribution is 2.45. The van der Waals surface area contributed by atoms with Crippen molar-refractivity contribution < 1.29 is 29.0 Å². The molecule has 8 nitrogen and oxygen atoms in total. The van der Waals surface area contributed by atoms with Crippen LogP contribution in [0.25, 0.3) is 11.1 Å². The van der Waals surface area contributed by atoms with Crippen LogP contribution < -0.4 is 5.32 Å². The Hall–Kier alpha value is -3.39. The highest BCUT2D eigenvalue weighted by atomic mass is 16.5.